The molecule has 120 valence electrons. The molecule has 0 atom stereocenters. The number of carbonyl (C=O) groups excluding carboxylic acids is 1. The summed E-state index contributed by atoms with van der Waals surface area (Å²) in [6, 6.07) is 6.66. The Balaban J connectivity index is 0.00000400. The van der Waals surface area contributed by atoms with E-state index in [9.17, 15) is 13.2 Å². The first-order valence-corrected chi connectivity index (χ1v) is 8.17. The van der Waals surface area contributed by atoms with Gasteiger partial charge in [0, 0.05) is 18.7 Å². The number of rotatable bonds is 8. The molecule has 0 aliphatic heterocycles. The number of anilines is 2. The normalized spacial score (nSPS) is 10.6. The summed E-state index contributed by atoms with van der Waals surface area (Å²) in [7, 11) is -1.54. The Morgan fingerprint density at radius 2 is 1.90 bits per heavy atom. The van der Waals surface area contributed by atoms with Crippen LogP contribution < -0.4 is 15.4 Å². The minimum Gasteiger partial charge on any atom is -0.326 e. The number of nitrogens with one attached hydrogen (secondary N) is 3. The molecule has 3 N–H and O–H groups in total. The Labute approximate surface area is 132 Å². The van der Waals surface area contributed by atoms with Gasteiger partial charge in [-0.2, -0.15) is 0 Å². The maximum atomic E-state index is 11.7. The first-order chi connectivity index (χ1) is 9.46. The van der Waals surface area contributed by atoms with Gasteiger partial charge >= 0.3 is 0 Å². The molecular formula is C13H22ClN3O3S. The van der Waals surface area contributed by atoms with Crippen LogP contribution in [0.25, 0.3) is 0 Å². The fourth-order valence-electron chi connectivity index (χ4n) is 1.62. The van der Waals surface area contributed by atoms with Crippen LogP contribution in [-0.2, 0) is 14.8 Å². The average Bonchev–Trinajstić information content (AvgIpc) is 2.36. The summed E-state index contributed by atoms with van der Waals surface area (Å²) in [6.07, 6.45) is 0.915. The van der Waals surface area contributed by atoms with Gasteiger partial charge in [-0.1, -0.05) is 13.0 Å². The summed E-state index contributed by atoms with van der Waals surface area (Å²) in [4.78, 5) is 11.6. The number of benzene rings is 1. The molecule has 0 saturated heterocycles. The van der Waals surface area contributed by atoms with Crippen LogP contribution in [0.2, 0.25) is 0 Å². The lowest BCUT2D eigenvalue weighted by atomic mass is 10.2. The van der Waals surface area contributed by atoms with Gasteiger partial charge < -0.3 is 10.6 Å². The number of carbonyl (C=O) groups is 1. The molecule has 1 aromatic rings. The average molecular weight is 336 g/mol. The van der Waals surface area contributed by atoms with E-state index in [2.05, 4.69) is 15.4 Å². The predicted molar refractivity (Wildman–Crippen MR) is 88.6 cm³/mol. The molecule has 0 radical (unpaired) electrons. The lowest BCUT2D eigenvalue weighted by Gasteiger charge is -2.09. The first-order valence-electron chi connectivity index (χ1n) is 6.52. The summed E-state index contributed by atoms with van der Waals surface area (Å²) < 4.78 is 25.8. The SMILES string of the molecule is CCCS(=O)(=O)Nc1cccc(NC(=O)CCNC)c1.Cl. The van der Waals surface area contributed by atoms with E-state index in [0.29, 0.717) is 30.8 Å². The van der Waals surface area contributed by atoms with Gasteiger partial charge in [-0.05, 0) is 31.7 Å². The third-order valence-electron chi connectivity index (χ3n) is 2.49. The van der Waals surface area contributed by atoms with E-state index in [1.165, 1.54) is 0 Å². The van der Waals surface area contributed by atoms with Gasteiger partial charge in [-0.3, -0.25) is 9.52 Å². The van der Waals surface area contributed by atoms with Crippen LogP contribution in [0.4, 0.5) is 11.4 Å². The Hall–Kier alpha value is -1.31. The highest BCUT2D eigenvalue weighted by Crippen LogP contribution is 2.16. The van der Waals surface area contributed by atoms with Crippen molar-refractivity contribution in [3.8, 4) is 0 Å². The summed E-state index contributed by atoms with van der Waals surface area (Å²) >= 11 is 0. The lowest BCUT2D eigenvalue weighted by Crippen LogP contribution is -2.19. The Kier molecular flexibility index (Phi) is 9.00. The molecule has 0 saturated carbocycles. The van der Waals surface area contributed by atoms with Crippen molar-refractivity contribution in [2.24, 2.45) is 0 Å². The molecule has 0 heterocycles. The molecule has 8 heteroatoms. The second kappa shape index (κ2) is 9.59. The smallest absolute Gasteiger partial charge is 0.232 e. The largest absolute Gasteiger partial charge is 0.326 e. The van der Waals surface area contributed by atoms with Crippen molar-refractivity contribution in [1.82, 2.24) is 5.32 Å². The monoisotopic (exact) mass is 335 g/mol. The van der Waals surface area contributed by atoms with Gasteiger partial charge in [-0.15, -0.1) is 12.4 Å². The van der Waals surface area contributed by atoms with Crippen molar-refractivity contribution in [3.63, 3.8) is 0 Å². The topological polar surface area (TPSA) is 87.3 Å². The third kappa shape index (κ3) is 7.89. The second-order valence-electron chi connectivity index (χ2n) is 4.40. The molecule has 0 aliphatic carbocycles. The quantitative estimate of drug-likeness (QED) is 0.676. The van der Waals surface area contributed by atoms with Crippen LogP contribution in [0.3, 0.4) is 0 Å². The van der Waals surface area contributed by atoms with Crippen molar-refractivity contribution in [2.45, 2.75) is 19.8 Å². The van der Waals surface area contributed by atoms with Gasteiger partial charge in [0.25, 0.3) is 0 Å². The van der Waals surface area contributed by atoms with E-state index >= 15 is 0 Å². The second-order valence-corrected chi connectivity index (χ2v) is 6.25. The number of hydrogen-bond donors (Lipinski definition) is 3. The van der Waals surface area contributed by atoms with Crippen LogP contribution in [0.5, 0.6) is 0 Å². The zero-order valence-electron chi connectivity index (χ0n) is 12.2. The third-order valence-corrected chi connectivity index (χ3v) is 3.99. The van der Waals surface area contributed by atoms with E-state index in [1.54, 1.807) is 38.2 Å². The summed E-state index contributed by atoms with van der Waals surface area (Å²) in [5, 5.41) is 5.61. The summed E-state index contributed by atoms with van der Waals surface area (Å²) in [6.45, 7) is 2.40. The Morgan fingerprint density at radius 1 is 1.24 bits per heavy atom. The molecule has 0 bridgehead atoms. The maximum absolute atomic E-state index is 11.7. The van der Waals surface area contributed by atoms with Gasteiger partial charge in [-0.25, -0.2) is 8.42 Å². The Bertz CT molecular complexity index is 549. The number of amides is 1. The molecule has 1 rings (SSSR count). The van der Waals surface area contributed by atoms with Crippen molar-refractivity contribution in [2.75, 3.05) is 29.4 Å². The molecule has 6 nitrogen and oxygen atoms in total. The highest BCUT2D eigenvalue weighted by Gasteiger charge is 2.09. The highest BCUT2D eigenvalue weighted by molar-refractivity contribution is 7.92. The predicted octanol–water partition coefficient (Wildman–Crippen LogP) is 1.81. The van der Waals surface area contributed by atoms with Crippen molar-refractivity contribution in [3.05, 3.63) is 24.3 Å². The van der Waals surface area contributed by atoms with Gasteiger partial charge in [0.15, 0.2) is 0 Å². The standard InChI is InChI=1S/C13H21N3O3S.ClH/c1-3-9-20(18,19)16-12-6-4-5-11(10-12)15-13(17)7-8-14-2;/h4-6,10,14,16H,3,7-9H2,1-2H3,(H,15,17);1H. The number of hydrogen-bond acceptors (Lipinski definition) is 4. The van der Waals surface area contributed by atoms with Crippen molar-refractivity contribution >= 4 is 39.7 Å². The minimum atomic E-state index is -3.32. The van der Waals surface area contributed by atoms with Gasteiger partial charge in [0.05, 0.1) is 11.4 Å². The van der Waals surface area contributed by atoms with E-state index in [0.717, 1.165) is 0 Å². The zero-order valence-corrected chi connectivity index (χ0v) is 13.8. The number of halogens is 1. The summed E-state index contributed by atoms with van der Waals surface area (Å²) in [5.74, 6) is -0.0425. The molecule has 1 amide bonds. The van der Waals surface area contributed by atoms with Crippen LogP contribution in [0.1, 0.15) is 19.8 Å². The molecule has 0 fully saturated rings. The molecule has 0 aliphatic rings. The molecule has 0 unspecified atom stereocenters. The van der Waals surface area contributed by atoms with Crippen molar-refractivity contribution in [1.29, 1.82) is 0 Å². The van der Waals surface area contributed by atoms with Gasteiger partial charge in [0.2, 0.25) is 15.9 Å². The lowest BCUT2D eigenvalue weighted by molar-refractivity contribution is -0.116. The van der Waals surface area contributed by atoms with Crippen molar-refractivity contribution < 1.29 is 13.2 Å². The summed E-state index contributed by atoms with van der Waals surface area (Å²) in [5.41, 5.74) is 1.02. The fraction of sp³-hybridized carbons (Fsp3) is 0.462. The van der Waals surface area contributed by atoms with E-state index in [-0.39, 0.29) is 24.1 Å². The van der Waals surface area contributed by atoms with Crippen LogP contribution in [0, 0.1) is 0 Å². The zero-order chi connectivity index (χ0) is 15.0. The van der Waals surface area contributed by atoms with E-state index < -0.39 is 10.0 Å². The molecule has 0 spiro atoms. The van der Waals surface area contributed by atoms with Gasteiger partial charge in [0.1, 0.15) is 0 Å². The van der Waals surface area contributed by atoms with E-state index in [4.69, 9.17) is 0 Å². The number of sulfonamides is 1. The molecule has 0 aromatic heterocycles. The Morgan fingerprint density at radius 3 is 2.52 bits per heavy atom. The fourth-order valence-corrected chi connectivity index (χ4v) is 2.75. The highest BCUT2D eigenvalue weighted by atomic mass is 35.5. The van der Waals surface area contributed by atoms with Crippen LogP contribution in [0.15, 0.2) is 24.3 Å². The minimum absolute atomic E-state index is 0. The molecule has 1 aromatic carbocycles. The van der Waals surface area contributed by atoms with Crippen LogP contribution in [-0.4, -0.2) is 33.7 Å². The van der Waals surface area contributed by atoms with Crippen LogP contribution >= 0.6 is 12.4 Å². The first kappa shape index (κ1) is 19.7. The molecule has 21 heavy (non-hydrogen) atoms. The maximum Gasteiger partial charge on any atom is 0.232 e. The molecular weight excluding hydrogens is 314 g/mol. The van der Waals surface area contributed by atoms with E-state index in [1.807, 2.05) is 0 Å².